The fourth-order valence-corrected chi connectivity index (χ4v) is 3.40. The fraction of sp³-hybridized carbons (Fsp3) is 0.471. The highest BCUT2D eigenvalue weighted by Crippen LogP contribution is 2.35. The first-order valence-corrected chi connectivity index (χ1v) is 8.36. The molecule has 24 heavy (non-hydrogen) atoms. The van der Waals surface area contributed by atoms with Gasteiger partial charge in [0.25, 0.3) is 5.91 Å². The van der Waals surface area contributed by atoms with Crippen molar-refractivity contribution in [2.45, 2.75) is 38.8 Å². The first-order valence-electron chi connectivity index (χ1n) is 8.36. The molecule has 1 aromatic carbocycles. The second-order valence-electron chi connectivity index (χ2n) is 6.05. The van der Waals surface area contributed by atoms with Gasteiger partial charge in [-0.1, -0.05) is 0 Å². The zero-order valence-electron chi connectivity index (χ0n) is 13.6. The lowest BCUT2D eigenvalue weighted by Crippen LogP contribution is -2.39. The lowest BCUT2D eigenvalue weighted by molar-refractivity contribution is 0.0594. The normalized spacial score (nSPS) is 19.5. The number of carbonyl (C=O) groups excluding carboxylic acids is 1. The Morgan fingerprint density at radius 2 is 2.17 bits per heavy atom. The third-order valence-corrected chi connectivity index (χ3v) is 4.67. The summed E-state index contributed by atoms with van der Waals surface area (Å²) in [4.78, 5) is 15.0. The molecule has 1 aromatic heterocycles. The van der Waals surface area contributed by atoms with Gasteiger partial charge in [0.15, 0.2) is 17.3 Å². The monoisotopic (exact) mass is 328 g/mol. The maximum Gasteiger partial charge on any atom is 0.254 e. The van der Waals surface area contributed by atoms with Crippen LogP contribution in [-0.4, -0.2) is 38.9 Å². The Morgan fingerprint density at radius 1 is 1.29 bits per heavy atom. The average molecular weight is 328 g/mol. The quantitative estimate of drug-likeness (QED) is 0.865. The molecule has 0 N–H and O–H groups in total. The van der Waals surface area contributed by atoms with Crippen molar-refractivity contribution >= 4 is 5.91 Å². The molecule has 4 rings (SSSR count). The number of amides is 1. The molecular weight excluding hydrogens is 308 g/mol. The van der Waals surface area contributed by atoms with Gasteiger partial charge in [-0.05, 0) is 44.4 Å². The van der Waals surface area contributed by atoms with E-state index in [0.29, 0.717) is 17.1 Å². The number of likely N-dealkylation sites (tertiary alicyclic amines) is 1. The molecule has 0 radical (unpaired) electrons. The van der Waals surface area contributed by atoms with E-state index in [0.717, 1.165) is 38.2 Å². The van der Waals surface area contributed by atoms with Gasteiger partial charge in [0.2, 0.25) is 6.79 Å². The summed E-state index contributed by atoms with van der Waals surface area (Å²) >= 11 is 0. The van der Waals surface area contributed by atoms with E-state index in [2.05, 4.69) is 17.1 Å². The van der Waals surface area contributed by atoms with Crippen molar-refractivity contribution in [1.29, 1.82) is 0 Å². The lowest BCUT2D eigenvalue weighted by Gasteiger charge is -2.35. The van der Waals surface area contributed by atoms with Gasteiger partial charge in [0.05, 0.1) is 6.04 Å². The van der Waals surface area contributed by atoms with E-state index in [-0.39, 0.29) is 18.7 Å². The SMILES string of the molecule is CCn1cnnc1C1CCCCN1C(=O)c1ccc2c(c1)OCO2. The molecule has 7 heteroatoms. The average Bonchev–Trinajstić information content (AvgIpc) is 3.29. The first kappa shape index (κ1) is 15.0. The van der Waals surface area contributed by atoms with Gasteiger partial charge in [0, 0.05) is 18.7 Å². The Balaban J connectivity index is 1.64. The number of benzene rings is 1. The summed E-state index contributed by atoms with van der Waals surface area (Å²) in [6.07, 6.45) is 4.74. The van der Waals surface area contributed by atoms with Crippen molar-refractivity contribution < 1.29 is 14.3 Å². The molecule has 2 aliphatic rings. The number of rotatable bonds is 3. The topological polar surface area (TPSA) is 69.5 Å². The van der Waals surface area contributed by atoms with E-state index in [1.54, 1.807) is 24.5 Å². The smallest absolute Gasteiger partial charge is 0.254 e. The van der Waals surface area contributed by atoms with E-state index < -0.39 is 0 Å². The molecule has 7 nitrogen and oxygen atoms in total. The van der Waals surface area contributed by atoms with Crippen LogP contribution in [0.4, 0.5) is 0 Å². The van der Waals surface area contributed by atoms with Gasteiger partial charge in [-0.25, -0.2) is 0 Å². The number of fused-ring (bicyclic) bond motifs is 1. The Hall–Kier alpha value is -2.57. The van der Waals surface area contributed by atoms with E-state index in [1.807, 2.05) is 9.47 Å². The predicted octanol–water partition coefficient (Wildman–Crippen LogP) is 2.39. The largest absolute Gasteiger partial charge is 0.454 e. The molecule has 1 unspecified atom stereocenters. The van der Waals surface area contributed by atoms with E-state index in [4.69, 9.17) is 9.47 Å². The number of ether oxygens (including phenoxy) is 2. The van der Waals surface area contributed by atoms with Crippen molar-refractivity contribution in [1.82, 2.24) is 19.7 Å². The molecule has 1 atom stereocenters. The van der Waals surface area contributed by atoms with Gasteiger partial charge >= 0.3 is 0 Å². The van der Waals surface area contributed by atoms with Gasteiger partial charge < -0.3 is 18.9 Å². The minimum atomic E-state index is -0.0286. The van der Waals surface area contributed by atoms with Crippen LogP contribution in [0.25, 0.3) is 0 Å². The summed E-state index contributed by atoms with van der Waals surface area (Å²) in [6, 6.07) is 5.33. The fourth-order valence-electron chi connectivity index (χ4n) is 3.40. The minimum absolute atomic E-state index is 0.00338. The van der Waals surface area contributed by atoms with E-state index in [1.165, 1.54) is 0 Å². The minimum Gasteiger partial charge on any atom is -0.454 e. The highest BCUT2D eigenvalue weighted by molar-refractivity contribution is 5.95. The number of nitrogens with zero attached hydrogens (tertiary/aromatic N) is 4. The maximum atomic E-state index is 13.1. The van der Waals surface area contributed by atoms with Crippen molar-refractivity contribution in [2.24, 2.45) is 0 Å². The number of carbonyl (C=O) groups is 1. The molecule has 1 amide bonds. The standard InChI is InChI=1S/C17H20N4O3/c1-2-20-10-18-19-16(20)13-5-3-4-8-21(13)17(22)12-6-7-14-15(9-12)24-11-23-14/h6-7,9-10,13H,2-5,8,11H2,1H3. The molecule has 0 bridgehead atoms. The van der Waals surface area contributed by atoms with Crippen LogP contribution in [0.3, 0.4) is 0 Å². The van der Waals surface area contributed by atoms with Crippen LogP contribution in [0.2, 0.25) is 0 Å². The molecule has 126 valence electrons. The second kappa shape index (κ2) is 6.14. The highest BCUT2D eigenvalue weighted by Gasteiger charge is 2.32. The highest BCUT2D eigenvalue weighted by atomic mass is 16.7. The van der Waals surface area contributed by atoms with Crippen molar-refractivity contribution in [3.05, 3.63) is 35.9 Å². The Morgan fingerprint density at radius 3 is 3.04 bits per heavy atom. The summed E-state index contributed by atoms with van der Waals surface area (Å²) in [7, 11) is 0. The molecule has 1 saturated heterocycles. The van der Waals surface area contributed by atoms with Crippen LogP contribution < -0.4 is 9.47 Å². The Kier molecular flexibility index (Phi) is 3.84. The van der Waals surface area contributed by atoms with Crippen molar-refractivity contribution in [2.75, 3.05) is 13.3 Å². The number of aryl methyl sites for hydroxylation is 1. The molecule has 0 saturated carbocycles. The summed E-state index contributed by atoms with van der Waals surface area (Å²) in [6.45, 7) is 3.79. The molecule has 1 fully saturated rings. The number of aromatic nitrogens is 3. The van der Waals surface area contributed by atoms with Crippen LogP contribution in [0, 0.1) is 0 Å². The first-order chi connectivity index (χ1) is 11.8. The molecule has 3 heterocycles. The van der Waals surface area contributed by atoms with Gasteiger partial charge in [-0.15, -0.1) is 10.2 Å². The van der Waals surface area contributed by atoms with Crippen molar-refractivity contribution in [3.63, 3.8) is 0 Å². The molecule has 0 aliphatic carbocycles. The van der Waals surface area contributed by atoms with Crippen LogP contribution in [0.1, 0.15) is 48.4 Å². The van der Waals surface area contributed by atoms with Crippen LogP contribution in [0.5, 0.6) is 11.5 Å². The Bertz CT molecular complexity index is 758. The van der Waals surface area contributed by atoms with Crippen LogP contribution in [-0.2, 0) is 6.54 Å². The number of piperidine rings is 1. The zero-order valence-corrected chi connectivity index (χ0v) is 13.6. The van der Waals surface area contributed by atoms with E-state index >= 15 is 0 Å². The second-order valence-corrected chi connectivity index (χ2v) is 6.05. The van der Waals surface area contributed by atoms with Crippen LogP contribution in [0.15, 0.2) is 24.5 Å². The van der Waals surface area contributed by atoms with E-state index in [9.17, 15) is 4.79 Å². The number of hydrogen-bond acceptors (Lipinski definition) is 5. The van der Waals surface area contributed by atoms with Gasteiger partial charge in [-0.2, -0.15) is 0 Å². The third kappa shape index (κ3) is 2.50. The molecular formula is C17H20N4O3. The zero-order chi connectivity index (χ0) is 16.5. The third-order valence-electron chi connectivity index (χ3n) is 4.67. The van der Waals surface area contributed by atoms with Crippen LogP contribution >= 0.6 is 0 Å². The summed E-state index contributed by atoms with van der Waals surface area (Å²) in [5, 5.41) is 8.29. The molecule has 2 aliphatic heterocycles. The maximum absolute atomic E-state index is 13.1. The van der Waals surface area contributed by atoms with Gasteiger partial charge in [0.1, 0.15) is 6.33 Å². The molecule has 0 spiro atoms. The Labute approximate surface area is 140 Å². The van der Waals surface area contributed by atoms with Gasteiger partial charge in [-0.3, -0.25) is 4.79 Å². The van der Waals surface area contributed by atoms with Crippen molar-refractivity contribution in [3.8, 4) is 11.5 Å². The summed E-state index contributed by atoms with van der Waals surface area (Å²) in [5.74, 6) is 2.19. The summed E-state index contributed by atoms with van der Waals surface area (Å²) in [5.41, 5.74) is 0.619. The number of hydrogen-bond donors (Lipinski definition) is 0. The lowest BCUT2D eigenvalue weighted by atomic mass is 10.00. The summed E-state index contributed by atoms with van der Waals surface area (Å²) < 4.78 is 12.7. The molecule has 2 aromatic rings. The predicted molar refractivity (Wildman–Crippen MR) is 85.9 cm³/mol.